The highest BCUT2D eigenvalue weighted by Crippen LogP contribution is 2.29. The van der Waals surface area contributed by atoms with Crippen LogP contribution in [0.25, 0.3) is 11.3 Å². The predicted octanol–water partition coefficient (Wildman–Crippen LogP) is 4.10. The van der Waals surface area contributed by atoms with E-state index >= 15 is 0 Å². The van der Waals surface area contributed by atoms with Gasteiger partial charge in [-0.3, -0.25) is 15.0 Å². The number of aromatic nitrogens is 1. The molecule has 4 rings (SSSR count). The number of rotatable bonds is 7. The first-order valence-electron chi connectivity index (χ1n) is 10.0. The Bertz CT molecular complexity index is 987. The van der Waals surface area contributed by atoms with Gasteiger partial charge in [0.15, 0.2) is 5.69 Å². The first-order valence-corrected chi connectivity index (χ1v) is 10.0. The Labute approximate surface area is 175 Å². The van der Waals surface area contributed by atoms with Gasteiger partial charge in [-0.05, 0) is 17.2 Å². The quantitative estimate of drug-likeness (QED) is 0.472. The standard InChI is InChI=1S/C23H24N4O3/c28-27(29)21-10-11-22(25-23(21)20-4-2-1-3-5-20)24-16-18-6-8-19(9-7-18)17-26-12-14-30-15-13-26/h1-11H,12-17H2,(H,24,25). The summed E-state index contributed by atoms with van der Waals surface area (Å²) in [4.78, 5) is 17.9. The van der Waals surface area contributed by atoms with E-state index in [2.05, 4.69) is 39.5 Å². The van der Waals surface area contributed by atoms with E-state index in [1.54, 1.807) is 6.07 Å². The molecule has 30 heavy (non-hydrogen) atoms. The van der Waals surface area contributed by atoms with Crippen LogP contribution in [0, 0.1) is 10.1 Å². The lowest BCUT2D eigenvalue weighted by atomic mass is 10.1. The van der Waals surface area contributed by atoms with Crippen LogP contribution >= 0.6 is 0 Å². The monoisotopic (exact) mass is 404 g/mol. The van der Waals surface area contributed by atoms with Gasteiger partial charge < -0.3 is 10.1 Å². The van der Waals surface area contributed by atoms with Gasteiger partial charge >= 0.3 is 0 Å². The lowest BCUT2D eigenvalue weighted by molar-refractivity contribution is -0.384. The van der Waals surface area contributed by atoms with Crippen molar-refractivity contribution in [1.29, 1.82) is 0 Å². The molecule has 0 saturated carbocycles. The molecule has 0 spiro atoms. The number of nitrogens with zero attached hydrogens (tertiary/aromatic N) is 3. The summed E-state index contributed by atoms with van der Waals surface area (Å²) in [6, 6.07) is 20.9. The van der Waals surface area contributed by atoms with Gasteiger partial charge in [0.2, 0.25) is 0 Å². The molecule has 0 bridgehead atoms. The van der Waals surface area contributed by atoms with Crippen molar-refractivity contribution in [2.45, 2.75) is 13.1 Å². The summed E-state index contributed by atoms with van der Waals surface area (Å²) in [5.74, 6) is 0.608. The number of morpholine rings is 1. The van der Waals surface area contributed by atoms with Gasteiger partial charge in [-0.25, -0.2) is 4.98 Å². The van der Waals surface area contributed by atoms with Gasteiger partial charge in [0, 0.05) is 37.8 Å². The average Bonchev–Trinajstić information content (AvgIpc) is 2.79. The second-order valence-electron chi connectivity index (χ2n) is 7.25. The summed E-state index contributed by atoms with van der Waals surface area (Å²) in [7, 11) is 0. The average molecular weight is 404 g/mol. The van der Waals surface area contributed by atoms with Gasteiger partial charge in [0.25, 0.3) is 5.69 Å². The van der Waals surface area contributed by atoms with E-state index in [-0.39, 0.29) is 5.69 Å². The fourth-order valence-corrected chi connectivity index (χ4v) is 3.48. The molecule has 7 nitrogen and oxygen atoms in total. The molecule has 7 heteroatoms. The van der Waals surface area contributed by atoms with Crippen molar-refractivity contribution in [3.63, 3.8) is 0 Å². The van der Waals surface area contributed by atoms with E-state index in [9.17, 15) is 10.1 Å². The second-order valence-corrected chi connectivity index (χ2v) is 7.25. The Morgan fingerprint density at radius 2 is 1.67 bits per heavy atom. The number of pyridine rings is 1. The first-order chi connectivity index (χ1) is 14.7. The molecule has 1 aliphatic rings. The molecule has 0 unspecified atom stereocenters. The lowest BCUT2D eigenvalue weighted by Crippen LogP contribution is -2.35. The molecular weight excluding hydrogens is 380 g/mol. The summed E-state index contributed by atoms with van der Waals surface area (Å²) >= 11 is 0. The lowest BCUT2D eigenvalue weighted by Gasteiger charge is -2.26. The summed E-state index contributed by atoms with van der Waals surface area (Å²) in [6.45, 7) is 5.07. The SMILES string of the molecule is O=[N+]([O-])c1ccc(NCc2ccc(CN3CCOCC3)cc2)nc1-c1ccccc1. The van der Waals surface area contributed by atoms with Crippen LogP contribution in [0.5, 0.6) is 0 Å². The van der Waals surface area contributed by atoms with Crippen molar-refractivity contribution >= 4 is 11.5 Å². The van der Waals surface area contributed by atoms with Crippen LogP contribution in [0.2, 0.25) is 0 Å². The molecule has 0 amide bonds. The van der Waals surface area contributed by atoms with E-state index in [0.29, 0.717) is 18.1 Å². The number of ether oxygens (including phenoxy) is 1. The number of benzene rings is 2. The fraction of sp³-hybridized carbons (Fsp3) is 0.261. The molecule has 2 heterocycles. The Balaban J connectivity index is 1.42. The molecule has 154 valence electrons. The van der Waals surface area contributed by atoms with Crippen LogP contribution in [0.4, 0.5) is 11.5 Å². The van der Waals surface area contributed by atoms with E-state index in [1.165, 1.54) is 11.6 Å². The van der Waals surface area contributed by atoms with Crippen LogP contribution in [0.1, 0.15) is 11.1 Å². The minimum absolute atomic E-state index is 0.000726. The third kappa shape index (κ3) is 5.00. The predicted molar refractivity (Wildman–Crippen MR) is 116 cm³/mol. The van der Waals surface area contributed by atoms with Crippen LogP contribution in [0.15, 0.2) is 66.7 Å². The van der Waals surface area contributed by atoms with Crippen LogP contribution in [-0.4, -0.2) is 41.1 Å². The highest BCUT2D eigenvalue weighted by molar-refractivity contribution is 5.71. The van der Waals surface area contributed by atoms with Crippen molar-refractivity contribution in [2.75, 3.05) is 31.6 Å². The Morgan fingerprint density at radius 3 is 2.37 bits per heavy atom. The van der Waals surface area contributed by atoms with Gasteiger partial charge in [0.1, 0.15) is 5.82 Å². The van der Waals surface area contributed by atoms with E-state index in [1.807, 2.05) is 30.3 Å². The molecule has 0 radical (unpaired) electrons. The van der Waals surface area contributed by atoms with E-state index in [4.69, 9.17) is 4.74 Å². The molecule has 1 fully saturated rings. The maximum atomic E-state index is 11.4. The zero-order valence-corrected chi connectivity index (χ0v) is 16.7. The maximum Gasteiger partial charge on any atom is 0.295 e. The van der Waals surface area contributed by atoms with Gasteiger partial charge in [-0.15, -0.1) is 0 Å². The van der Waals surface area contributed by atoms with Crippen molar-refractivity contribution in [3.8, 4) is 11.3 Å². The summed E-state index contributed by atoms with van der Waals surface area (Å²) < 4.78 is 5.39. The summed E-state index contributed by atoms with van der Waals surface area (Å²) in [6.07, 6.45) is 0. The van der Waals surface area contributed by atoms with Crippen molar-refractivity contribution in [3.05, 3.63) is 88.0 Å². The minimum atomic E-state index is -0.397. The van der Waals surface area contributed by atoms with E-state index in [0.717, 1.165) is 44.0 Å². The maximum absolute atomic E-state index is 11.4. The van der Waals surface area contributed by atoms with Gasteiger partial charge in [-0.2, -0.15) is 0 Å². The number of anilines is 1. The minimum Gasteiger partial charge on any atom is -0.379 e. The molecule has 1 aliphatic heterocycles. The van der Waals surface area contributed by atoms with Crippen molar-refractivity contribution in [2.24, 2.45) is 0 Å². The molecule has 3 aromatic rings. The molecule has 0 aliphatic carbocycles. The second kappa shape index (κ2) is 9.47. The van der Waals surface area contributed by atoms with Crippen LogP contribution < -0.4 is 5.32 Å². The summed E-state index contributed by atoms with van der Waals surface area (Å²) in [5.41, 5.74) is 3.49. The topological polar surface area (TPSA) is 80.5 Å². The van der Waals surface area contributed by atoms with Crippen LogP contribution in [0.3, 0.4) is 0 Å². The zero-order valence-electron chi connectivity index (χ0n) is 16.7. The Kier molecular flexibility index (Phi) is 6.32. The first kappa shape index (κ1) is 20.0. The number of nitrogens with one attached hydrogen (secondary N) is 1. The Morgan fingerprint density at radius 1 is 0.967 bits per heavy atom. The van der Waals surface area contributed by atoms with Crippen molar-refractivity contribution in [1.82, 2.24) is 9.88 Å². The number of hydrogen-bond donors (Lipinski definition) is 1. The highest BCUT2D eigenvalue weighted by atomic mass is 16.6. The molecular formula is C23H24N4O3. The van der Waals surface area contributed by atoms with E-state index < -0.39 is 4.92 Å². The largest absolute Gasteiger partial charge is 0.379 e. The molecule has 1 saturated heterocycles. The number of hydrogen-bond acceptors (Lipinski definition) is 6. The molecule has 1 aromatic heterocycles. The van der Waals surface area contributed by atoms with Crippen LogP contribution in [-0.2, 0) is 17.8 Å². The molecule has 1 N–H and O–H groups in total. The highest BCUT2D eigenvalue weighted by Gasteiger charge is 2.17. The number of nitro groups is 1. The molecule has 2 aromatic carbocycles. The fourth-order valence-electron chi connectivity index (χ4n) is 3.48. The van der Waals surface area contributed by atoms with Gasteiger partial charge in [-0.1, -0.05) is 54.6 Å². The smallest absolute Gasteiger partial charge is 0.295 e. The third-order valence-electron chi connectivity index (χ3n) is 5.12. The third-order valence-corrected chi connectivity index (χ3v) is 5.12. The molecule has 0 atom stereocenters. The van der Waals surface area contributed by atoms with Gasteiger partial charge in [0.05, 0.1) is 18.1 Å². The van der Waals surface area contributed by atoms with Crippen molar-refractivity contribution < 1.29 is 9.66 Å². The zero-order chi connectivity index (χ0) is 20.8. The normalized spacial score (nSPS) is 14.4. The Hall–Kier alpha value is -3.29. The summed E-state index contributed by atoms with van der Waals surface area (Å²) in [5, 5.41) is 14.7.